The van der Waals surface area contributed by atoms with Crippen molar-refractivity contribution in [2.24, 2.45) is 0 Å². The highest BCUT2D eigenvalue weighted by Gasteiger charge is 2.16. The van der Waals surface area contributed by atoms with Gasteiger partial charge in [-0.05, 0) is 31.5 Å². The Morgan fingerprint density at radius 1 is 1.26 bits per heavy atom. The van der Waals surface area contributed by atoms with Gasteiger partial charge in [-0.15, -0.1) is 0 Å². The molecular formula is C20H26N2O5. The van der Waals surface area contributed by atoms with Crippen LogP contribution < -0.4 is 10.3 Å². The lowest BCUT2D eigenvalue weighted by Gasteiger charge is -2.13. The van der Waals surface area contributed by atoms with E-state index in [1.165, 1.54) is 6.07 Å². The van der Waals surface area contributed by atoms with Crippen molar-refractivity contribution in [3.63, 3.8) is 0 Å². The van der Waals surface area contributed by atoms with E-state index in [4.69, 9.17) is 9.47 Å². The van der Waals surface area contributed by atoms with E-state index in [-0.39, 0.29) is 18.6 Å². The minimum Gasteiger partial charge on any atom is -0.492 e. The van der Waals surface area contributed by atoms with Gasteiger partial charge in [0.15, 0.2) is 6.10 Å². The number of esters is 1. The Morgan fingerprint density at radius 3 is 2.59 bits per heavy atom. The fourth-order valence-corrected chi connectivity index (χ4v) is 2.71. The lowest BCUT2D eigenvalue weighted by Crippen LogP contribution is -2.27. The second kappa shape index (κ2) is 9.87. The van der Waals surface area contributed by atoms with Gasteiger partial charge < -0.3 is 14.6 Å². The molecule has 1 atom stereocenters. The molecule has 2 aromatic rings. The summed E-state index contributed by atoms with van der Waals surface area (Å²) in [5.74, 6) is 0.768. The number of nitrogens with zero attached hydrogens (tertiary/aromatic N) is 2. The molecule has 7 heteroatoms. The van der Waals surface area contributed by atoms with Crippen molar-refractivity contribution in [1.82, 2.24) is 9.55 Å². The van der Waals surface area contributed by atoms with E-state index in [2.05, 4.69) is 4.98 Å². The lowest BCUT2D eigenvalue weighted by molar-refractivity contribution is -0.152. The predicted octanol–water partition coefficient (Wildman–Crippen LogP) is 1.66. The number of aliphatic hydroxyl groups excluding tert-OH is 1. The zero-order chi connectivity index (χ0) is 19.8. The molecule has 0 spiro atoms. The van der Waals surface area contributed by atoms with Gasteiger partial charge in [0.2, 0.25) is 0 Å². The Balaban J connectivity index is 1.91. The van der Waals surface area contributed by atoms with Crippen LogP contribution in [0, 0.1) is 6.92 Å². The van der Waals surface area contributed by atoms with Gasteiger partial charge in [0, 0.05) is 24.6 Å². The van der Waals surface area contributed by atoms with Gasteiger partial charge in [-0.25, -0.2) is 9.78 Å². The summed E-state index contributed by atoms with van der Waals surface area (Å²) in [6.07, 6.45) is -0.317. The normalized spacial score (nSPS) is 11.9. The summed E-state index contributed by atoms with van der Waals surface area (Å²) in [4.78, 5) is 28.0. The first-order valence-corrected chi connectivity index (χ1v) is 9.08. The summed E-state index contributed by atoms with van der Waals surface area (Å²) in [5, 5.41) is 9.79. The quantitative estimate of drug-likeness (QED) is 0.672. The van der Waals surface area contributed by atoms with E-state index < -0.39 is 12.1 Å². The van der Waals surface area contributed by atoms with Crippen molar-refractivity contribution in [3.8, 4) is 5.75 Å². The smallest absolute Gasteiger partial charge is 0.335 e. The molecule has 0 amide bonds. The molecule has 1 heterocycles. The fourth-order valence-electron chi connectivity index (χ4n) is 2.71. The third-order valence-electron chi connectivity index (χ3n) is 4.03. The maximum absolute atomic E-state index is 12.1. The number of rotatable bonds is 9. The molecular weight excluding hydrogens is 348 g/mol. The van der Waals surface area contributed by atoms with Gasteiger partial charge in [0.1, 0.15) is 18.2 Å². The minimum absolute atomic E-state index is 0.0775. The molecule has 0 aliphatic rings. The number of hydrogen-bond acceptors (Lipinski definition) is 6. The first kappa shape index (κ1) is 20.6. The highest BCUT2D eigenvalue weighted by atomic mass is 16.5. The van der Waals surface area contributed by atoms with Crippen molar-refractivity contribution < 1.29 is 19.4 Å². The second-order valence-corrected chi connectivity index (χ2v) is 6.12. The average Bonchev–Trinajstić information content (AvgIpc) is 2.64. The van der Waals surface area contributed by atoms with Crippen LogP contribution >= 0.6 is 0 Å². The van der Waals surface area contributed by atoms with Crippen molar-refractivity contribution in [2.45, 2.75) is 46.3 Å². The molecule has 1 unspecified atom stereocenters. The van der Waals surface area contributed by atoms with E-state index >= 15 is 0 Å². The number of aryl methyl sites for hydroxylation is 2. The minimum atomic E-state index is -1.18. The van der Waals surface area contributed by atoms with Gasteiger partial charge in [-0.1, -0.05) is 19.1 Å². The topological polar surface area (TPSA) is 90.7 Å². The Hall–Kier alpha value is -2.67. The molecule has 0 aliphatic carbocycles. The van der Waals surface area contributed by atoms with Crippen LogP contribution in [0.3, 0.4) is 0 Å². The molecule has 0 fully saturated rings. The van der Waals surface area contributed by atoms with Gasteiger partial charge >= 0.3 is 5.97 Å². The first-order chi connectivity index (χ1) is 12.9. The number of benzene rings is 1. The van der Waals surface area contributed by atoms with E-state index in [1.54, 1.807) is 35.8 Å². The number of ether oxygens (including phenoxy) is 2. The number of hydrogen-bond donors (Lipinski definition) is 1. The molecule has 146 valence electrons. The van der Waals surface area contributed by atoms with Crippen LogP contribution in [0.15, 0.2) is 35.1 Å². The van der Waals surface area contributed by atoms with E-state index in [0.29, 0.717) is 25.3 Å². The molecule has 7 nitrogen and oxygen atoms in total. The predicted molar refractivity (Wildman–Crippen MR) is 101 cm³/mol. The highest BCUT2D eigenvalue weighted by Crippen LogP contribution is 2.14. The summed E-state index contributed by atoms with van der Waals surface area (Å²) < 4.78 is 12.1. The van der Waals surface area contributed by atoms with Crippen LogP contribution in [-0.2, 0) is 28.9 Å². The molecule has 1 N–H and O–H groups in total. The zero-order valence-corrected chi connectivity index (χ0v) is 16.0. The van der Waals surface area contributed by atoms with Gasteiger partial charge in [-0.3, -0.25) is 9.36 Å². The molecule has 0 aliphatic heterocycles. The molecule has 1 aromatic heterocycles. The van der Waals surface area contributed by atoms with Gasteiger partial charge in [0.05, 0.1) is 13.2 Å². The molecule has 0 saturated carbocycles. The Labute approximate surface area is 158 Å². The summed E-state index contributed by atoms with van der Waals surface area (Å²) >= 11 is 0. The third kappa shape index (κ3) is 5.92. The van der Waals surface area contributed by atoms with Crippen LogP contribution in [0.2, 0.25) is 0 Å². The largest absolute Gasteiger partial charge is 0.492 e. The van der Waals surface area contributed by atoms with Crippen molar-refractivity contribution in [2.75, 3.05) is 13.2 Å². The van der Waals surface area contributed by atoms with E-state index in [0.717, 1.165) is 17.1 Å². The molecule has 0 saturated heterocycles. The fraction of sp³-hybridized carbons (Fsp3) is 0.450. The number of carbonyl (C=O) groups excluding carboxylic acids is 1. The number of aromatic nitrogens is 2. The van der Waals surface area contributed by atoms with Crippen LogP contribution in [0.5, 0.6) is 5.75 Å². The molecule has 27 heavy (non-hydrogen) atoms. The SMILES string of the molecule is CCOC(=O)C(O)Cc1ccc(OCCn2c(CC)nc(C)cc2=O)cc1. The van der Waals surface area contributed by atoms with E-state index in [1.807, 2.05) is 13.8 Å². The van der Waals surface area contributed by atoms with Gasteiger partial charge in [0.25, 0.3) is 5.56 Å². The Kier molecular flexibility index (Phi) is 7.55. The van der Waals surface area contributed by atoms with Crippen LogP contribution in [0.25, 0.3) is 0 Å². The molecule has 0 radical (unpaired) electrons. The Morgan fingerprint density at radius 2 is 1.96 bits per heavy atom. The van der Waals surface area contributed by atoms with Crippen molar-refractivity contribution in [1.29, 1.82) is 0 Å². The van der Waals surface area contributed by atoms with Crippen LogP contribution in [0.1, 0.15) is 30.9 Å². The van der Waals surface area contributed by atoms with Crippen LogP contribution in [0.4, 0.5) is 0 Å². The summed E-state index contributed by atoms with van der Waals surface area (Å²) in [5.41, 5.74) is 1.44. The van der Waals surface area contributed by atoms with Gasteiger partial charge in [-0.2, -0.15) is 0 Å². The number of carbonyl (C=O) groups is 1. The summed E-state index contributed by atoms with van der Waals surface area (Å²) in [6.45, 7) is 6.45. The highest BCUT2D eigenvalue weighted by molar-refractivity contribution is 5.74. The van der Waals surface area contributed by atoms with Crippen molar-refractivity contribution in [3.05, 3.63) is 57.8 Å². The maximum Gasteiger partial charge on any atom is 0.335 e. The molecule has 2 rings (SSSR count). The summed E-state index contributed by atoms with van der Waals surface area (Å²) in [7, 11) is 0. The standard InChI is InChI=1S/C20H26N2O5/c1-4-18-21-14(3)12-19(24)22(18)10-11-27-16-8-6-15(7-9-16)13-17(23)20(25)26-5-2/h6-9,12,17,23H,4-5,10-11,13H2,1-3H3. The summed E-state index contributed by atoms with van der Waals surface area (Å²) in [6, 6.07) is 8.63. The van der Waals surface area contributed by atoms with E-state index in [9.17, 15) is 14.7 Å². The van der Waals surface area contributed by atoms with Crippen LogP contribution in [-0.4, -0.2) is 39.9 Å². The number of aliphatic hydroxyl groups is 1. The molecule has 0 bridgehead atoms. The Bertz CT molecular complexity index is 814. The second-order valence-electron chi connectivity index (χ2n) is 6.12. The third-order valence-corrected chi connectivity index (χ3v) is 4.03. The first-order valence-electron chi connectivity index (χ1n) is 9.08. The monoisotopic (exact) mass is 374 g/mol. The lowest BCUT2D eigenvalue weighted by atomic mass is 10.1. The molecule has 1 aromatic carbocycles. The van der Waals surface area contributed by atoms with Crippen molar-refractivity contribution >= 4 is 5.97 Å². The zero-order valence-electron chi connectivity index (χ0n) is 16.0. The average molecular weight is 374 g/mol. The maximum atomic E-state index is 12.1.